The van der Waals surface area contributed by atoms with Crippen LogP contribution in [0.4, 0.5) is 11.4 Å². The van der Waals surface area contributed by atoms with E-state index in [4.69, 9.17) is 4.99 Å². The quantitative estimate of drug-likeness (QED) is 0.439. The van der Waals surface area contributed by atoms with Crippen LogP contribution in [-0.2, 0) is 0 Å². The van der Waals surface area contributed by atoms with Crippen molar-refractivity contribution in [1.82, 2.24) is 0 Å². The van der Waals surface area contributed by atoms with E-state index in [1.165, 1.54) is 16.7 Å². The van der Waals surface area contributed by atoms with Crippen LogP contribution in [0.1, 0.15) is 5.56 Å². The zero-order valence-electron chi connectivity index (χ0n) is 14.8. The summed E-state index contributed by atoms with van der Waals surface area (Å²) in [5.41, 5.74) is 7.88. The molecule has 27 heavy (non-hydrogen) atoms. The van der Waals surface area contributed by atoms with Crippen molar-refractivity contribution >= 4 is 17.2 Å². The van der Waals surface area contributed by atoms with Gasteiger partial charge >= 0.3 is 0 Å². The van der Waals surface area contributed by atoms with Crippen LogP contribution in [-0.4, -0.2) is 5.84 Å². The fourth-order valence-corrected chi connectivity index (χ4v) is 3.49. The molecule has 0 saturated heterocycles. The largest absolute Gasteiger partial charge is 0.339 e. The average Bonchev–Trinajstić information content (AvgIpc) is 2.91. The van der Waals surface area contributed by atoms with Gasteiger partial charge in [-0.3, -0.25) is 0 Å². The van der Waals surface area contributed by atoms with E-state index >= 15 is 0 Å². The highest BCUT2D eigenvalue weighted by atomic mass is 15.0. The minimum atomic E-state index is 0.868. The summed E-state index contributed by atoms with van der Waals surface area (Å²) in [6, 6.07) is 35.6. The average molecular weight is 346 g/mol. The fourth-order valence-electron chi connectivity index (χ4n) is 3.49. The lowest BCUT2D eigenvalue weighted by Gasteiger charge is -2.11. The molecule has 0 amide bonds. The molecule has 0 unspecified atom stereocenters. The minimum Gasteiger partial charge on any atom is -0.339 e. The van der Waals surface area contributed by atoms with E-state index in [2.05, 4.69) is 96.3 Å². The van der Waals surface area contributed by atoms with Gasteiger partial charge in [0.1, 0.15) is 5.84 Å². The van der Waals surface area contributed by atoms with E-state index in [0.29, 0.717) is 0 Å². The molecule has 0 bridgehead atoms. The highest BCUT2D eigenvalue weighted by molar-refractivity contribution is 6.13. The molecule has 1 aliphatic heterocycles. The molecular weight excluding hydrogens is 328 g/mol. The van der Waals surface area contributed by atoms with E-state index in [0.717, 1.165) is 28.3 Å². The number of aliphatic imine (C=N–C) groups is 1. The SMILES string of the molecule is c1ccc(-c2ccc(C3=Nc4ccccc4-c4ccccc4N3)cc2)cc1. The molecule has 1 aliphatic rings. The fraction of sp³-hybridized carbons (Fsp3) is 0. The van der Waals surface area contributed by atoms with Crippen molar-refractivity contribution in [3.05, 3.63) is 109 Å². The lowest BCUT2D eigenvalue weighted by atomic mass is 10.0. The van der Waals surface area contributed by atoms with Crippen LogP contribution >= 0.6 is 0 Å². The van der Waals surface area contributed by atoms with Crippen molar-refractivity contribution in [1.29, 1.82) is 0 Å². The molecule has 0 aromatic heterocycles. The van der Waals surface area contributed by atoms with Crippen LogP contribution in [0.25, 0.3) is 22.3 Å². The normalized spacial score (nSPS) is 12.2. The van der Waals surface area contributed by atoms with Crippen LogP contribution in [0.3, 0.4) is 0 Å². The van der Waals surface area contributed by atoms with Crippen molar-refractivity contribution in [2.24, 2.45) is 4.99 Å². The predicted molar refractivity (Wildman–Crippen MR) is 114 cm³/mol. The molecule has 128 valence electrons. The first kappa shape index (κ1) is 15.6. The molecule has 1 N–H and O–H groups in total. The van der Waals surface area contributed by atoms with Gasteiger partial charge in [-0.05, 0) is 23.3 Å². The first-order valence-electron chi connectivity index (χ1n) is 9.08. The predicted octanol–water partition coefficient (Wildman–Crippen LogP) is 6.52. The van der Waals surface area contributed by atoms with Crippen molar-refractivity contribution in [2.45, 2.75) is 0 Å². The molecule has 0 spiro atoms. The van der Waals surface area contributed by atoms with Crippen LogP contribution in [0.2, 0.25) is 0 Å². The number of nitrogens with one attached hydrogen (secondary N) is 1. The lowest BCUT2D eigenvalue weighted by Crippen LogP contribution is -2.12. The molecule has 0 radical (unpaired) electrons. The summed E-state index contributed by atoms with van der Waals surface area (Å²) in [6.45, 7) is 0. The molecular formula is C25H18N2. The van der Waals surface area contributed by atoms with Gasteiger partial charge in [-0.25, -0.2) is 4.99 Å². The van der Waals surface area contributed by atoms with Gasteiger partial charge in [0.15, 0.2) is 0 Å². The van der Waals surface area contributed by atoms with Crippen LogP contribution < -0.4 is 5.32 Å². The third-order valence-corrected chi connectivity index (χ3v) is 4.87. The van der Waals surface area contributed by atoms with Gasteiger partial charge in [-0.1, -0.05) is 91.0 Å². The molecule has 1 heterocycles. The second kappa shape index (κ2) is 6.58. The van der Waals surface area contributed by atoms with Gasteiger partial charge in [0.2, 0.25) is 0 Å². The molecule has 4 aromatic carbocycles. The van der Waals surface area contributed by atoms with E-state index in [1.807, 2.05) is 12.1 Å². The van der Waals surface area contributed by atoms with E-state index in [1.54, 1.807) is 0 Å². The highest BCUT2D eigenvalue weighted by Crippen LogP contribution is 2.38. The first-order valence-corrected chi connectivity index (χ1v) is 9.08. The van der Waals surface area contributed by atoms with Gasteiger partial charge in [0.05, 0.1) is 5.69 Å². The number of para-hydroxylation sites is 2. The summed E-state index contributed by atoms with van der Waals surface area (Å²) in [7, 11) is 0. The van der Waals surface area contributed by atoms with E-state index in [-0.39, 0.29) is 0 Å². The lowest BCUT2D eigenvalue weighted by molar-refractivity contribution is 1.49. The smallest absolute Gasteiger partial charge is 0.138 e. The van der Waals surface area contributed by atoms with Crippen molar-refractivity contribution in [3.8, 4) is 22.3 Å². The number of anilines is 1. The number of nitrogens with zero attached hydrogens (tertiary/aromatic N) is 1. The third-order valence-electron chi connectivity index (χ3n) is 4.87. The summed E-state index contributed by atoms with van der Waals surface area (Å²) in [5.74, 6) is 0.868. The Morgan fingerprint density at radius 2 is 1.07 bits per heavy atom. The van der Waals surface area contributed by atoms with Crippen LogP contribution in [0, 0.1) is 0 Å². The van der Waals surface area contributed by atoms with E-state index < -0.39 is 0 Å². The molecule has 0 aliphatic carbocycles. The second-order valence-corrected chi connectivity index (χ2v) is 6.59. The number of rotatable bonds is 2. The number of hydrogen-bond acceptors (Lipinski definition) is 2. The summed E-state index contributed by atoms with van der Waals surface area (Å²) in [4.78, 5) is 4.93. The van der Waals surface area contributed by atoms with Crippen molar-refractivity contribution in [3.63, 3.8) is 0 Å². The zero-order valence-corrected chi connectivity index (χ0v) is 14.8. The van der Waals surface area contributed by atoms with Gasteiger partial charge in [-0.15, -0.1) is 0 Å². The van der Waals surface area contributed by atoms with Crippen molar-refractivity contribution < 1.29 is 0 Å². The third kappa shape index (κ3) is 2.91. The molecule has 5 rings (SSSR count). The summed E-state index contributed by atoms with van der Waals surface area (Å²) < 4.78 is 0. The maximum atomic E-state index is 4.93. The molecule has 0 saturated carbocycles. The van der Waals surface area contributed by atoms with Gasteiger partial charge in [0.25, 0.3) is 0 Å². The standard InChI is InChI=1S/C25H18N2/c1-2-8-18(9-3-1)19-14-16-20(17-15-19)25-26-23-12-6-4-10-21(23)22-11-5-7-13-24(22)27-25/h1-17H,(H,26,27). The van der Waals surface area contributed by atoms with Crippen LogP contribution in [0.15, 0.2) is 108 Å². The molecule has 4 aromatic rings. The Morgan fingerprint density at radius 1 is 0.481 bits per heavy atom. The second-order valence-electron chi connectivity index (χ2n) is 6.59. The Morgan fingerprint density at radius 3 is 1.89 bits per heavy atom. The molecule has 2 heteroatoms. The number of amidine groups is 1. The topological polar surface area (TPSA) is 24.4 Å². The Kier molecular flexibility index (Phi) is 3.80. The minimum absolute atomic E-state index is 0.868. The molecule has 0 fully saturated rings. The summed E-state index contributed by atoms with van der Waals surface area (Å²) in [5, 5.41) is 3.53. The Labute approximate surface area is 158 Å². The van der Waals surface area contributed by atoms with Crippen molar-refractivity contribution in [2.75, 3.05) is 5.32 Å². The first-order chi connectivity index (χ1) is 13.4. The molecule has 2 nitrogen and oxygen atoms in total. The summed E-state index contributed by atoms with van der Waals surface area (Å²) >= 11 is 0. The maximum Gasteiger partial charge on any atom is 0.138 e. The monoisotopic (exact) mass is 346 g/mol. The number of hydrogen-bond donors (Lipinski definition) is 1. The van der Waals surface area contributed by atoms with E-state index in [9.17, 15) is 0 Å². The van der Waals surface area contributed by atoms with Gasteiger partial charge < -0.3 is 5.32 Å². The number of fused-ring (bicyclic) bond motifs is 3. The van der Waals surface area contributed by atoms with Gasteiger partial charge in [0, 0.05) is 22.4 Å². The molecule has 0 atom stereocenters. The van der Waals surface area contributed by atoms with Gasteiger partial charge in [-0.2, -0.15) is 0 Å². The number of benzene rings is 4. The van der Waals surface area contributed by atoms with Crippen LogP contribution in [0.5, 0.6) is 0 Å². The zero-order chi connectivity index (χ0) is 18.1. The Balaban J connectivity index is 1.59. The highest BCUT2D eigenvalue weighted by Gasteiger charge is 2.16. The maximum absolute atomic E-state index is 4.93. The Bertz CT molecular complexity index is 1130. The Hall–Kier alpha value is -3.65. The summed E-state index contributed by atoms with van der Waals surface area (Å²) in [6.07, 6.45) is 0.